The number of nitrogens with zero attached hydrogens (tertiary/aromatic N) is 4. The molecule has 0 spiro atoms. The van der Waals surface area contributed by atoms with Crippen molar-refractivity contribution in [2.24, 2.45) is 0 Å². The number of fused-ring (bicyclic) bond motifs is 1. The van der Waals surface area contributed by atoms with Crippen LogP contribution in [0.25, 0.3) is 39.3 Å². The van der Waals surface area contributed by atoms with Gasteiger partial charge in [-0.1, -0.05) is 30.9 Å². The monoisotopic (exact) mass is 540 g/mol. The van der Waals surface area contributed by atoms with Crippen molar-refractivity contribution in [1.82, 2.24) is 30.0 Å². The lowest BCUT2D eigenvalue weighted by atomic mass is 9.97. The van der Waals surface area contributed by atoms with Crippen LogP contribution in [0.15, 0.2) is 79.7 Å². The highest BCUT2D eigenvalue weighted by Crippen LogP contribution is 2.34. The summed E-state index contributed by atoms with van der Waals surface area (Å²) in [6.45, 7) is 6.32. The Labute approximate surface area is 229 Å². The van der Waals surface area contributed by atoms with E-state index in [0.717, 1.165) is 44.7 Å². The van der Waals surface area contributed by atoms with Crippen molar-refractivity contribution in [3.8, 4) is 22.6 Å². The summed E-state index contributed by atoms with van der Waals surface area (Å²) in [5, 5.41) is 7.58. The molecule has 5 heterocycles. The molecule has 40 heavy (non-hydrogen) atoms. The first kappa shape index (κ1) is 25.8. The van der Waals surface area contributed by atoms with Gasteiger partial charge >= 0.3 is 0 Å². The number of hydrogen-bond acceptors (Lipinski definition) is 4. The van der Waals surface area contributed by atoms with E-state index in [1.165, 1.54) is 12.1 Å². The average molecular weight is 541 g/mol. The molecule has 6 nitrogen and oxygen atoms in total. The Kier molecular flexibility index (Phi) is 6.59. The molecule has 0 atom stereocenters. The van der Waals surface area contributed by atoms with E-state index in [4.69, 9.17) is 4.98 Å². The smallest absolute Gasteiger partial charge is 0.261 e. The SMILES string of the molecule is C=C/C=C(/c1cccc(F)c1)c1cc(-c2n[nH]c3ccc(-c4cncc(CN5CCC(F)(F)C5)c4)nc23)[nH]c1C. The van der Waals surface area contributed by atoms with Gasteiger partial charge in [-0.3, -0.25) is 15.0 Å². The maximum absolute atomic E-state index is 14.0. The van der Waals surface area contributed by atoms with E-state index in [2.05, 4.69) is 26.7 Å². The molecule has 4 aromatic heterocycles. The van der Waals surface area contributed by atoms with Crippen molar-refractivity contribution in [3.05, 3.63) is 108 Å². The van der Waals surface area contributed by atoms with E-state index in [-0.39, 0.29) is 18.8 Å². The highest BCUT2D eigenvalue weighted by molar-refractivity contribution is 5.92. The number of benzene rings is 1. The first-order valence-electron chi connectivity index (χ1n) is 13.0. The van der Waals surface area contributed by atoms with E-state index in [0.29, 0.717) is 30.0 Å². The molecular weight excluding hydrogens is 513 g/mol. The first-order chi connectivity index (χ1) is 19.3. The van der Waals surface area contributed by atoms with Gasteiger partial charge in [0.05, 0.1) is 23.4 Å². The van der Waals surface area contributed by atoms with Crippen molar-refractivity contribution >= 4 is 16.6 Å². The summed E-state index contributed by atoms with van der Waals surface area (Å²) >= 11 is 0. The second kappa shape index (κ2) is 10.2. The number of rotatable bonds is 7. The third-order valence-electron chi connectivity index (χ3n) is 7.13. The molecular formula is C31H27F3N6. The lowest BCUT2D eigenvalue weighted by molar-refractivity contribution is 0.0115. The molecule has 0 aliphatic carbocycles. The summed E-state index contributed by atoms with van der Waals surface area (Å²) in [5.41, 5.74) is 8.57. The number of H-pyrrole nitrogens is 2. The molecule has 1 fully saturated rings. The van der Waals surface area contributed by atoms with Gasteiger partial charge in [0.25, 0.3) is 5.92 Å². The largest absolute Gasteiger partial charge is 0.357 e. The number of likely N-dealkylation sites (tertiary alicyclic amines) is 1. The molecule has 1 aromatic carbocycles. The third kappa shape index (κ3) is 5.08. The van der Waals surface area contributed by atoms with Gasteiger partial charge in [-0.2, -0.15) is 5.10 Å². The first-order valence-corrected chi connectivity index (χ1v) is 13.0. The molecule has 1 aliphatic rings. The third-order valence-corrected chi connectivity index (χ3v) is 7.13. The number of allylic oxidation sites excluding steroid dienone is 2. The van der Waals surface area contributed by atoms with Crippen molar-refractivity contribution in [1.29, 1.82) is 0 Å². The molecule has 0 saturated carbocycles. The molecule has 5 aromatic rings. The molecule has 0 unspecified atom stereocenters. The van der Waals surface area contributed by atoms with Gasteiger partial charge in [0.1, 0.15) is 17.0 Å². The molecule has 202 valence electrons. The molecule has 0 amide bonds. The summed E-state index contributed by atoms with van der Waals surface area (Å²) in [7, 11) is 0. The number of aromatic amines is 2. The van der Waals surface area contributed by atoms with Gasteiger partial charge in [0, 0.05) is 48.7 Å². The number of aryl methyl sites for hydroxylation is 1. The Bertz CT molecular complexity index is 1750. The van der Waals surface area contributed by atoms with Gasteiger partial charge in [0.15, 0.2) is 0 Å². The summed E-state index contributed by atoms with van der Waals surface area (Å²) in [6.07, 6.45) is 6.85. The van der Waals surface area contributed by atoms with Crippen molar-refractivity contribution in [2.75, 3.05) is 13.1 Å². The summed E-state index contributed by atoms with van der Waals surface area (Å²) in [5.74, 6) is -2.95. The van der Waals surface area contributed by atoms with E-state index >= 15 is 0 Å². The minimum absolute atomic E-state index is 0.116. The maximum atomic E-state index is 14.0. The Morgan fingerprint density at radius 1 is 1.15 bits per heavy atom. The summed E-state index contributed by atoms with van der Waals surface area (Å²) < 4.78 is 41.3. The summed E-state index contributed by atoms with van der Waals surface area (Å²) in [4.78, 5) is 14.4. The number of aromatic nitrogens is 5. The Balaban J connectivity index is 1.34. The number of nitrogens with one attached hydrogen (secondary N) is 2. The maximum Gasteiger partial charge on any atom is 0.261 e. The fourth-order valence-electron chi connectivity index (χ4n) is 5.24. The molecule has 2 N–H and O–H groups in total. The van der Waals surface area contributed by atoms with Crippen LogP contribution in [-0.2, 0) is 6.54 Å². The van der Waals surface area contributed by atoms with Gasteiger partial charge in [-0.25, -0.2) is 18.2 Å². The van der Waals surface area contributed by atoms with Crippen LogP contribution in [0.2, 0.25) is 0 Å². The lowest BCUT2D eigenvalue weighted by Gasteiger charge is -2.15. The molecule has 1 aliphatic heterocycles. The van der Waals surface area contributed by atoms with E-state index < -0.39 is 5.92 Å². The average Bonchev–Trinajstić information content (AvgIpc) is 3.63. The van der Waals surface area contributed by atoms with Crippen LogP contribution in [-0.4, -0.2) is 49.1 Å². The predicted octanol–water partition coefficient (Wildman–Crippen LogP) is 6.92. The van der Waals surface area contributed by atoms with Crippen molar-refractivity contribution in [2.45, 2.75) is 25.8 Å². The standard InChI is InChI=1S/C31H27F3N6/c1-3-5-24(21-6-4-7-23(32)13-21)25-14-28(36-19(25)2)30-29-27(38-39-30)9-8-26(37-29)22-12-20(15-35-16-22)17-40-11-10-31(33,34)18-40/h3-9,12-16,36H,1,10-11,17-18H2,2H3,(H,38,39)/b24-5-. The zero-order valence-electron chi connectivity index (χ0n) is 21.9. The Morgan fingerprint density at radius 2 is 2.02 bits per heavy atom. The van der Waals surface area contributed by atoms with Crippen molar-refractivity contribution < 1.29 is 13.2 Å². The highest BCUT2D eigenvalue weighted by atomic mass is 19.3. The number of pyridine rings is 2. The lowest BCUT2D eigenvalue weighted by Crippen LogP contribution is -2.24. The van der Waals surface area contributed by atoms with Gasteiger partial charge < -0.3 is 4.98 Å². The van der Waals surface area contributed by atoms with Crippen LogP contribution >= 0.6 is 0 Å². The van der Waals surface area contributed by atoms with Crippen LogP contribution in [0, 0.1) is 12.7 Å². The van der Waals surface area contributed by atoms with Gasteiger partial charge in [-0.15, -0.1) is 0 Å². The Morgan fingerprint density at radius 3 is 2.80 bits per heavy atom. The quantitative estimate of drug-likeness (QED) is 0.220. The van der Waals surface area contributed by atoms with Gasteiger partial charge in [-0.05, 0) is 60.0 Å². The zero-order chi connectivity index (χ0) is 27.9. The van der Waals surface area contributed by atoms with Gasteiger partial charge in [0.2, 0.25) is 0 Å². The topological polar surface area (TPSA) is 73.5 Å². The molecule has 0 radical (unpaired) electrons. The number of hydrogen-bond donors (Lipinski definition) is 2. The zero-order valence-corrected chi connectivity index (χ0v) is 21.9. The minimum Gasteiger partial charge on any atom is -0.357 e. The fraction of sp³-hybridized carbons (Fsp3) is 0.194. The van der Waals surface area contributed by atoms with Crippen LogP contribution in [0.5, 0.6) is 0 Å². The molecule has 9 heteroatoms. The van der Waals surface area contributed by atoms with E-state index in [1.54, 1.807) is 29.4 Å². The highest BCUT2D eigenvalue weighted by Gasteiger charge is 2.37. The normalized spacial score (nSPS) is 15.7. The number of alkyl halides is 2. The predicted molar refractivity (Wildman–Crippen MR) is 150 cm³/mol. The van der Waals surface area contributed by atoms with Crippen molar-refractivity contribution in [3.63, 3.8) is 0 Å². The second-order valence-electron chi connectivity index (χ2n) is 10.1. The van der Waals surface area contributed by atoms with Crippen LogP contribution < -0.4 is 0 Å². The molecule has 6 rings (SSSR count). The minimum atomic E-state index is -2.63. The van der Waals surface area contributed by atoms with Crippen LogP contribution in [0.1, 0.15) is 28.8 Å². The summed E-state index contributed by atoms with van der Waals surface area (Å²) in [6, 6.07) is 14.2. The molecule has 1 saturated heterocycles. The second-order valence-corrected chi connectivity index (χ2v) is 10.1. The van der Waals surface area contributed by atoms with E-state index in [1.807, 2.05) is 43.3 Å². The molecule has 0 bridgehead atoms. The van der Waals surface area contributed by atoms with Crippen LogP contribution in [0.4, 0.5) is 13.2 Å². The Hall–Kier alpha value is -4.50. The number of halogens is 3. The van der Waals surface area contributed by atoms with E-state index in [9.17, 15) is 13.2 Å². The van der Waals surface area contributed by atoms with Crippen LogP contribution in [0.3, 0.4) is 0 Å². The fourth-order valence-corrected chi connectivity index (χ4v) is 5.24.